The van der Waals surface area contributed by atoms with Crippen LogP contribution in [0.4, 0.5) is 0 Å². The van der Waals surface area contributed by atoms with Gasteiger partial charge in [0.15, 0.2) is 0 Å². The van der Waals surface area contributed by atoms with Crippen molar-refractivity contribution in [3.63, 3.8) is 0 Å². The molecule has 0 spiro atoms. The third-order valence-electron chi connectivity index (χ3n) is 1.72. The average molecular weight is 198 g/mol. The third kappa shape index (κ3) is 4.30. The largest absolute Gasteiger partial charge is 0.377 e. The normalized spacial score (nSPS) is 10.3. The van der Waals surface area contributed by atoms with Crippen molar-refractivity contribution in [3.8, 4) is 0 Å². The monoisotopic (exact) mass is 197 g/mol. The molecule has 0 saturated heterocycles. The van der Waals surface area contributed by atoms with Crippen LogP contribution in [-0.2, 0) is 11.3 Å². The van der Waals surface area contributed by atoms with Crippen LogP contribution in [0, 0.1) is 6.92 Å². The fourth-order valence-electron chi connectivity index (χ4n) is 0.975. The third-order valence-corrected chi connectivity index (χ3v) is 1.97. The van der Waals surface area contributed by atoms with Gasteiger partial charge in [-0.3, -0.25) is 0 Å². The molecule has 0 unspecified atom stereocenters. The molecule has 0 N–H and O–H groups in total. The molecule has 0 aliphatic rings. The summed E-state index contributed by atoms with van der Waals surface area (Å²) in [7, 11) is 0. The summed E-state index contributed by atoms with van der Waals surface area (Å²) in [6, 6.07) is 7.71. The average Bonchev–Trinajstić information content (AvgIpc) is 2.15. The molecule has 0 saturated carbocycles. The van der Waals surface area contributed by atoms with Crippen LogP contribution in [0.15, 0.2) is 24.3 Å². The first-order chi connectivity index (χ1) is 6.33. The summed E-state index contributed by atoms with van der Waals surface area (Å²) in [6.45, 7) is 5.19. The standard InChI is InChI=1S/C11H14ClO/c1-2-3-8-13-9-10-4-6-11(12)7-5-10/h4-7H,1-3,8-9H2. The van der Waals surface area contributed by atoms with Gasteiger partial charge in [0.05, 0.1) is 6.61 Å². The lowest BCUT2D eigenvalue weighted by atomic mass is 10.2. The molecule has 1 nitrogen and oxygen atoms in total. The number of rotatable bonds is 5. The Morgan fingerprint density at radius 1 is 1.23 bits per heavy atom. The van der Waals surface area contributed by atoms with Crippen molar-refractivity contribution in [1.29, 1.82) is 0 Å². The van der Waals surface area contributed by atoms with Crippen molar-refractivity contribution >= 4 is 11.6 Å². The second kappa shape index (κ2) is 6.01. The van der Waals surface area contributed by atoms with Crippen molar-refractivity contribution in [3.05, 3.63) is 41.8 Å². The molecular formula is C11H14ClO. The van der Waals surface area contributed by atoms with Gasteiger partial charge in [0.25, 0.3) is 0 Å². The Bertz CT molecular complexity index is 230. The SMILES string of the molecule is [CH2]CCCOCc1ccc(Cl)cc1. The van der Waals surface area contributed by atoms with E-state index in [1.807, 2.05) is 24.3 Å². The molecule has 0 atom stereocenters. The molecule has 0 bridgehead atoms. The molecule has 13 heavy (non-hydrogen) atoms. The van der Waals surface area contributed by atoms with E-state index < -0.39 is 0 Å². The fraction of sp³-hybridized carbons (Fsp3) is 0.364. The first kappa shape index (κ1) is 10.6. The number of unbranched alkanes of at least 4 members (excludes halogenated alkanes) is 1. The molecule has 0 aromatic heterocycles. The molecule has 0 heterocycles. The molecule has 1 aromatic rings. The van der Waals surface area contributed by atoms with Crippen LogP contribution < -0.4 is 0 Å². The minimum atomic E-state index is 0.664. The quantitative estimate of drug-likeness (QED) is 0.657. The van der Waals surface area contributed by atoms with Gasteiger partial charge in [0.1, 0.15) is 0 Å². The smallest absolute Gasteiger partial charge is 0.0716 e. The summed E-state index contributed by atoms with van der Waals surface area (Å²) < 4.78 is 5.42. The zero-order valence-corrected chi connectivity index (χ0v) is 8.39. The van der Waals surface area contributed by atoms with Gasteiger partial charge in [0, 0.05) is 11.6 Å². The van der Waals surface area contributed by atoms with Crippen LogP contribution in [0.2, 0.25) is 5.02 Å². The van der Waals surface area contributed by atoms with Crippen LogP contribution in [-0.4, -0.2) is 6.61 Å². The van der Waals surface area contributed by atoms with Gasteiger partial charge in [-0.2, -0.15) is 0 Å². The van der Waals surface area contributed by atoms with E-state index in [4.69, 9.17) is 16.3 Å². The summed E-state index contributed by atoms with van der Waals surface area (Å²) >= 11 is 5.75. The van der Waals surface area contributed by atoms with E-state index in [0.717, 1.165) is 30.0 Å². The fourth-order valence-corrected chi connectivity index (χ4v) is 1.10. The van der Waals surface area contributed by atoms with Gasteiger partial charge < -0.3 is 4.74 Å². The Morgan fingerprint density at radius 3 is 2.54 bits per heavy atom. The van der Waals surface area contributed by atoms with Crippen LogP contribution in [0.25, 0.3) is 0 Å². The van der Waals surface area contributed by atoms with Crippen LogP contribution in [0.3, 0.4) is 0 Å². The molecular weight excluding hydrogens is 184 g/mol. The van der Waals surface area contributed by atoms with Gasteiger partial charge in [-0.1, -0.05) is 37.1 Å². The maximum atomic E-state index is 5.75. The summed E-state index contributed by atoms with van der Waals surface area (Å²) in [5, 5.41) is 0.765. The van der Waals surface area contributed by atoms with E-state index in [9.17, 15) is 0 Å². The molecule has 1 rings (SSSR count). The predicted octanol–water partition coefficient (Wildman–Crippen LogP) is 3.47. The maximum Gasteiger partial charge on any atom is 0.0716 e. The summed E-state index contributed by atoms with van der Waals surface area (Å²) in [5.74, 6) is 0. The van der Waals surface area contributed by atoms with Crippen molar-refractivity contribution < 1.29 is 4.74 Å². The Kier molecular flexibility index (Phi) is 4.87. The molecule has 1 aromatic carbocycles. The van der Waals surface area contributed by atoms with E-state index in [1.54, 1.807) is 0 Å². The Morgan fingerprint density at radius 2 is 1.92 bits per heavy atom. The Labute approximate surface area is 84.7 Å². The van der Waals surface area contributed by atoms with E-state index in [-0.39, 0.29) is 0 Å². The first-order valence-electron chi connectivity index (χ1n) is 4.44. The highest BCUT2D eigenvalue weighted by Crippen LogP contribution is 2.10. The van der Waals surface area contributed by atoms with E-state index in [1.165, 1.54) is 0 Å². The molecule has 1 radical (unpaired) electrons. The second-order valence-electron chi connectivity index (χ2n) is 2.89. The van der Waals surface area contributed by atoms with Crippen LogP contribution >= 0.6 is 11.6 Å². The Balaban J connectivity index is 2.25. The highest BCUT2D eigenvalue weighted by atomic mass is 35.5. The van der Waals surface area contributed by atoms with Gasteiger partial charge in [-0.05, 0) is 24.1 Å². The molecule has 0 amide bonds. The first-order valence-corrected chi connectivity index (χ1v) is 4.82. The predicted molar refractivity (Wildman–Crippen MR) is 55.7 cm³/mol. The van der Waals surface area contributed by atoms with E-state index >= 15 is 0 Å². The maximum absolute atomic E-state index is 5.75. The topological polar surface area (TPSA) is 9.23 Å². The van der Waals surface area contributed by atoms with Gasteiger partial charge in [-0.15, -0.1) is 0 Å². The number of halogens is 1. The molecule has 2 heteroatoms. The van der Waals surface area contributed by atoms with E-state index in [0.29, 0.717) is 6.61 Å². The number of benzene rings is 1. The van der Waals surface area contributed by atoms with Crippen molar-refractivity contribution in [2.45, 2.75) is 19.4 Å². The minimum absolute atomic E-state index is 0.664. The van der Waals surface area contributed by atoms with Crippen LogP contribution in [0.1, 0.15) is 18.4 Å². The number of ether oxygens (including phenoxy) is 1. The van der Waals surface area contributed by atoms with Crippen LogP contribution in [0.5, 0.6) is 0 Å². The lowest BCUT2D eigenvalue weighted by Crippen LogP contribution is -1.94. The second-order valence-corrected chi connectivity index (χ2v) is 3.32. The van der Waals surface area contributed by atoms with Gasteiger partial charge in [0.2, 0.25) is 0 Å². The van der Waals surface area contributed by atoms with Gasteiger partial charge in [-0.25, -0.2) is 0 Å². The summed E-state index contributed by atoms with van der Waals surface area (Å²) in [5.41, 5.74) is 1.16. The zero-order valence-electron chi connectivity index (χ0n) is 7.63. The Hall–Kier alpha value is -0.530. The zero-order chi connectivity index (χ0) is 9.52. The summed E-state index contributed by atoms with van der Waals surface area (Å²) in [4.78, 5) is 0. The molecule has 0 aliphatic heterocycles. The highest BCUT2D eigenvalue weighted by Gasteiger charge is 1.92. The number of hydrogen-bond acceptors (Lipinski definition) is 1. The van der Waals surface area contributed by atoms with Gasteiger partial charge >= 0.3 is 0 Å². The highest BCUT2D eigenvalue weighted by molar-refractivity contribution is 6.30. The van der Waals surface area contributed by atoms with Crippen molar-refractivity contribution in [2.24, 2.45) is 0 Å². The minimum Gasteiger partial charge on any atom is -0.377 e. The lowest BCUT2D eigenvalue weighted by Gasteiger charge is -2.02. The molecule has 0 fully saturated rings. The van der Waals surface area contributed by atoms with Crippen molar-refractivity contribution in [2.75, 3.05) is 6.61 Å². The van der Waals surface area contributed by atoms with Crippen molar-refractivity contribution in [1.82, 2.24) is 0 Å². The van der Waals surface area contributed by atoms with E-state index in [2.05, 4.69) is 6.92 Å². The summed E-state index contributed by atoms with van der Waals surface area (Å²) in [6.07, 6.45) is 1.95. The number of hydrogen-bond donors (Lipinski definition) is 0. The molecule has 0 aliphatic carbocycles. The molecule has 71 valence electrons. The lowest BCUT2D eigenvalue weighted by molar-refractivity contribution is 0.119.